The molecule has 1 N–H and O–H groups in total. The lowest BCUT2D eigenvalue weighted by Crippen LogP contribution is -2.31. The molecular formula is C20H20FN3O. The maximum Gasteiger partial charge on any atom is 0.252 e. The van der Waals surface area contributed by atoms with E-state index in [0.29, 0.717) is 35.7 Å². The van der Waals surface area contributed by atoms with Crippen molar-refractivity contribution in [1.29, 1.82) is 5.26 Å². The zero-order valence-electron chi connectivity index (χ0n) is 13.9. The molecule has 0 unspecified atom stereocenters. The van der Waals surface area contributed by atoms with Crippen molar-refractivity contribution in [3.8, 4) is 6.07 Å². The van der Waals surface area contributed by atoms with Gasteiger partial charge in [-0.3, -0.25) is 9.69 Å². The predicted octanol–water partition coefficient (Wildman–Crippen LogP) is 2.95. The molecule has 0 spiro atoms. The van der Waals surface area contributed by atoms with Crippen LogP contribution >= 0.6 is 0 Å². The summed E-state index contributed by atoms with van der Waals surface area (Å²) in [6, 6.07) is 15.7. The Labute approximate surface area is 146 Å². The van der Waals surface area contributed by atoms with E-state index < -0.39 is 0 Å². The van der Waals surface area contributed by atoms with Gasteiger partial charge in [0.2, 0.25) is 0 Å². The first-order chi connectivity index (χ1) is 12.2. The first-order valence-corrected chi connectivity index (χ1v) is 8.40. The van der Waals surface area contributed by atoms with E-state index in [4.69, 9.17) is 5.26 Å². The van der Waals surface area contributed by atoms with Crippen LogP contribution in [0.2, 0.25) is 0 Å². The number of rotatable bonds is 5. The summed E-state index contributed by atoms with van der Waals surface area (Å²) in [6.07, 6.45) is 0.967. The number of likely N-dealkylation sites (tertiary alicyclic amines) is 1. The van der Waals surface area contributed by atoms with Crippen LogP contribution in [0.5, 0.6) is 0 Å². The van der Waals surface area contributed by atoms with Gasteiger partial charge in [-0.15, -0.1) is 0 Å². The average molecular weight is 337 g/mol. The van der Waals surface area contributed by atoms with Crippen LogP contribution in [-0.2, 0) is 6.54 Å². The fourth-order valence-corrected chi connectivity index (χ4v) is 3.20. The van der Waals surface area contributed by atoms with Crippen LogP contribution in [0.15, 0.2) is 48.5 Å². The van der Waals surface area contributed by atoms with Gasteiger partial charge in [-0.2, -0.15) is 5.26 Å². The van der Waals surface area contributed by atoms with Crippen LogP contribution in [0, 0.1) is 23.1 Å². The van der Waals surface area contributed by atoms with Gasteiger partial charge in [0.15, 0.2) is 0 Å². The molecule has 25 heavy (non-hydrogen) atoms. The highest BCUT2D eigenvalue weighted by Gasteiger charge is 2.24. The van der Waals surface area contributed by atoms with Gasteiger partial charge in [0.05, 0.1) is 17.2 Å². The molecule has 0 aromatic heterocycles. The summed E-state index contributed by atoms with van der Waals surface area (Å²) in [5, 5.41) is 12.0. The minimum Gasteiger partial charge on any atom is -0.352 e. The van der Waals surface area contributed by atoms with E-state index in [1.54, 1.807) is 30.3 Å². The minimum absolute atomic E-state index is 0.174. The number of nitrogens with one attached hydrogen (secondary N) is 1. The van der Waals surface area contributed by atoms with E-state index in [2.05, 4.69) is 10.2 Å². The fraction of sp³-hybridized carbons (Fsp3) is 0.300. The van der Waals surface area contributed by atoms with E-state index >= 15 is 0 Å². The summed E-state index contributed by atoms with van der Waals surface area (Å²) >= 11 is 0. The standard InChI is InChI=1S/C20H20FN3O/c21-19-8-4-2-6-17(19)14-24-10-9-15(13-24)12-23-20(25)18-7-3-1-5-16(18)11-22/h1-8,15H,9-10,12-14H2,(H,23,25)/t15-/m0/s1. The van der Waals surface area contributed by atoms with Gasteiger partial charge in [-0.25, -0.2) is 4.39 Å². The van der Waals surface area contributed by atoms with Crippen molar-refractivity contribution in [2.75, 3.05) is 19.6 Å². The predicted molar refractivity (Wildman–Crippen MR) is 93.3 cm³/mol. The number of carbonyl (C=O) groups is 1. The molecule has 1 saturated heterocycles. The second-order valence-corrected chi connectivity index (χ2v) is 6.35. The van der Waals surface area contributed by atoms with Crippen molar-refractivity contribution in [3.05, 3.63) is 71.0 Å². The second kappa shape index (κ2) is 7.91. The van der Waals surface area contributed by atoms with E-state index in [-0.39, 0.29) is 11.7 Å². The lowest BCUT2D eigenvalue weighted by atomic mass is 10.1. The van der Waals surface area contributed by atoms with Crippen molar-refractivity contribution in [3.63, 3.8) is 0 Å². The minimum atomic E-state index is -0.218. The Morgan fingerprint density at radius 3 is 2.80 bits per heavy atom. The number of benzene rings is 2. The maximum absolute atomic E-state index is 13.7. The third-order valence-corrected chi connectivity index (χ3v) is 4.57. The SMILES string of the molecule is N#Cc1ccccc1C(=O)NC[C@@H]1CCN(Cc2ccccc2F)C1. The average Bonchev–Trinajstić information content (AvgIpc) is 3.09. The molecule has 1 atom stereocenters. The first kappa shape index (κ1) is 17.1. The van der Waals surface area contributed by atoms with Crippen LogP contribution in [0.25, 0.3) is 0 Å². The summed E-state index contributed by atoms with van der Waals surface area (Å²) in [7, 11) is 0. The van der Waals surface area contributed by atoms with Crippen LogP contribution in [0.1, 0.15) is 27.9 Å². The first-order valence-electron chi connectivity index (χ1n) is 8.40. The summed E-state index contributed by atoms with van der Waals surface area (Å²) in [6.45, 7) is 2.87. The monoisotopic (exact) mass is 337 g/mol. The molecule has 2 aromatic carbocycles. The molecule has 1 aliphatic rings. The lowest BCUT2D eigenvalue weighted by molar-refractivity contribution is 0.0947. The number of halogens is 1. The number of hydrogen-bond acceptors (Lipinski definition) is 3. The fourth-order valence-electron chi connectivity index (χ4n) is 3.20. The van der Waals surface area contributed by atoms with Gasteiger partial charge in [-0.05, 0) is 37.1 Å². The van der Waals surface area contributed by atoms with E-state index in [1.807, 2.05) is 18.2 Å². The third-order valence-electron chi connectivity index (χ3n) is 4.57. The van der Waals surface area contributed by atoms with Crippen molar-refractivity contribution >= 4 is 5.91 Å². The Balaban J connectivity index is 1.51. The molecule has 2 aromatic rings. The molecule has 5 heteroatoms. The highest BCUT2D eigenvalue weighted by atomic mass is 19.1. The zero-order valence-corrected chi connectivity index (χ0v) is 13.9. The van der Waals surface area contributed by atoms with Gasteiger partial charge in [0.25, 0.3) is 5.91 Å². The third kappa shape index (κ3) is 4.23. The van der Waals surface area contributed by atoms with E-state index in [9.17, 15) is 9.18 Å². The number of nitrogens with zero attached hydrogens (tertiary/aromatic N) is 2. The Morgan fingerprint density at radius 2 is 2.00 bits per heavy atom. The molecule has 0 bridgehead atoms. The van der Waals surface area contributed by atoms with Crippen LogP contribution < -0.4 is 5.32 Å². The van der Waals surface area contributed by atoms with Gasteiger partial charge < -0.3 is 5.32 Å². The topological polar surface area (TPSA) is 56.1 Å². The normalized spacial score (nSPS) is 17.2. The number of carbonyl (C=O) groups excluding carboxylic acids is 1. The molecule has 0 aliphatic carbocycles. The summed E-state index contributed by atoms with van der Waals surface area (Å²) < 4.78 is 13.7. The summed E-state index contributed by atoms with van der Waals surface area (Å²) in [5.41, 5.74) is 1.49. The highest BCUT2D eigenvalue weighted by Crippen LogP contribution is 2.19. The molecule has 1 amide bonds. The second-order valence-electron chi connectivity index (χ2n) is 6.35. The van der Waals surface area contributed by atoms with Gasteiger partial charge >= 0.3 is 0 Å². The van der Waals surface area contributed by atoms with Crippen molar-refractivity contribution < 1.29 is 9.18 Å². The Kier molecular flexibility index (Phi) is 5.42. The summed E-state index contributed by atoms with van der Waals surface area (Å²) in [4.78, 5) is 14.5. The van der Waals surface area contributed by atoms with E-state index in [1.165, 1.54) is 6.07 Å². The molecule has 1 heterocycles. The molecule has 3 rings (SSSR count). The van der Waals surface area contributed by atoms with Crippen LogP contribution in [0.3, 0.4) is 0 Å². The molecule has 1 aliphatic heterocycles. The molecule has 4 nitrogen and oxygen atoms in total. The van der Waals surface area contributed by atoms with Crippen molar-refractivity contribution in [2.24, 2.45) is 5.92 Å². The Bertz CT molecular complexity index is 800. The van der Waals surface area contributed by atoms with Gasteiger partial charge in [-0.1, -0.05) is 30.3 Å². The molecule has 0 radical (unpaired) electrons. The molecule has 1 fully saturated rings. The lowest BCUT2D eigenvalue weighted by Gasteiger charge is -2.17. The maximum atomic E-state index is 13.7. The van der Waals surface area contributed by atoms with Gasteiger partial charge in [0, 0.05) is 25.2 Å². The van der Waals surface area contributed by atoms with Crippen molar-refractivity contribution in [1.82, 2.24) is 10.2 Å². The Morgan fingerprint density at radius 1 is 1.24 bits per heavy atom. The van der Waals surface area contributed by atoms with E-state index in [0.717, 1.165) is 19.5 Å². The molecule has 0 saturated carbocycles. The van der Waals surface area contributed by atoms with Gasteiger partial charge in [0.1, 0.15) is 5.82 Å². The quantitative estimate of drug-likeness (QED) is 0.913. The zero-order chi connectivity index (χ0) is 17.6. The Hall–Kier alpha value is -2.71. The smallest absolute Gasteiger partial charge is 0.252 e. The summed E-state index contributed by atoms with van der Waals surface area (Å²) in [5.74, 6) is -0.0537. The number of hydrogen-bond donors (Lipinski definition) is 1. The highest BCUT2D eigenvalue weighted by molar-refractivity contribution is 5.96. The number of nitriles is 1. The molecular weight excluding hydrogens is 317 g/mol. The van der Waals surface area contributed by atoms with Crippen LogP contribution in [0.4, 0.5) is 4.39 Å². The number of amides is 1. The molecule has 128 valence electrons. The van der Waals surface area contributed by atoms with Crippen LogP contribution in [-0.4, -0.2) is 30.4 Å². The largest absolute Gasteiger partial charge is 0.352 e. The van der Waals surface area contributed by atoms with Crippen molar-refractivity contribution in [2.45, 2.75) is 13.0 Å².